The second-order valence-corrected chi connectivity index (χ2v) is 2.30. The fourth-order valence-electron chi connectivity index (χ4n) is 0.886. The van der Waals surface area contributed by atoms with Crippen molar-refractivity contribution in [1.82, 2.24) is 4.90 Å². The third-order valence-corrected chi connectivity index (χ3v) is 1.38. The van der Waals surface area contributed by atoms with Crippen molar-refractivity contribution >= 4 is 0 Å². The summed E-state index contributed by atoms with van der Waals surface area (Å²) in [7, 11) is 1.56. The summed E-state index contributed by atoms with van der Waals surface area (Å²) in [6, 6.07) is 0. The second-order valence-electron chi connectivity index (χ2n) is 2.30. The van der Waals surface area contributed by atoms with Crippen LogP contribution in [0.5, 0.6) is 0 Å². The van der Waals surface area contributed by atoms with E-state index in [0.29, 0.717) is 13.0 Å². The summed E-state index contributed by atoms with van der Waals surface area (Å²) in [5.41, 5.74) is 0. The molecule has 0 spiro atoms. The fraction of sp³-hybridized carbons (Fsp3) is 0.667. The molecule has 0 aromatic rings. The van der Waals surface area contributed by atoms with E-state index < -0.39 is 6.36 Å². The number of rotatable bonds is 1. The van der Waals surface area contributed by atoms with Crippen molar-refractivity contribution in [3.63, 3.8) is 0 Å². The molecule has 64 valence electrons. The number of hydrogen-bond donors (Lipinski definition) is 0. The standard InChI is InChI=1S/C6H8F3NO/c1-10-4-2-3-5(10)11-6(7,8)9/h3H,2,4H2,1H3. The van der Waals surface area contributed by atoms with E-state index in [1.54, 1.807) is 7.05 Å². The number of halogens is 3. The van der Waals surface area contributed by atoms with E-state index in [-0.39, 0.29) is 5.88 Å². The highest BCUT2D eigenvalue weighted by Gasteiger charge is 2.34. The first-order chi connectivity index (χ1) is 4.99. The van der Waals surface area contributed by atoms with E-state index in [4.69, 9.17) is 0 Å². The summed E-state index contributed by atoms with van der Waals surface area (Å²) in [5, 5.41) is 0. The molecule has 0 N–H and O–H groups in total. The Hall–Kier alpha value is -0.870. The van der Waals surface area contributed by atoms with Crippen molar-refractivity contribution in [3.05, 3.63) is 12.0 Å². The Morgan fingerprint density at radius 2 is 2.18 bits per heavy atom. The molecule has 0 amide bonds. The lowest BCUT2D eigenvalue weighted by Crippen LogP contribution is -2.21. The van der Waals surface area contributed by atoms with Crippen molar-refractivity contribution < 1.29 is 17.9 Å². The molecule has 0 fully saturated rings. The first-order valence-corrected chi connectivity index (χ1v) is 3.16. The number of alkyl halides is 3. The van der Waals surface area contributed by atoms with E-state index >= 15 is 0 Å². The highest BCUT2D eigenvalue weighted by Crippen LogP contribution is 2.24. The van der Waals surface area contributed by atoms with Crippen molar-refractivity contribution in [3.8, 4) is 0 Å². The summed E-state index contributed by atoms with van der Waals surface area (Å²) in [6.07, 6.45) is -2.53. The molecule has 0 unspecified atom stereocenters. The highest BCUT2D eigenvalue weighted by atomic mass is 19.4. The second kappa shape index (κ2) is 2.64. The van der Waals surface area contributed by atoms with Gasteiger partial charge in [0.25, 0.3) is 0 Å². The van der Waals surface area contributed by atoms with Crippen LogP contribution < -0.4 is 0 Å². The number of ether oxygens (including phenoxy) is 1. The van der Waals surface area contributed by atoms with Gasteiger partial charge >= 0.3 is 6.36 Å². The monoisotopic (exact) mass is 167 g/mol. The summed E-state index contributed by atoms with van der Waals surface area (Å²) < 4.78 is 38.5. The Morgan fingerprint density at radius 3 is 2.55 bits per heavy atom. The largest absolute Gasteiger partial charge is 0.574 e. The summed E-state index contributed by atoms with van der Waals surface area (Å²) in [6.45, 7) is 0.589. The predicted octanol–water partition coefficient (Wildman–Crippen LogP) is 1.70. The van der Waals surface area contributed by atoms with E-state index in [0.717, 1.165) is 0 Å². The lowest BCUT2D eigenvalue weighted by Gasteiger charge is -2.17. The van der Waals surface area contributed by atoms with Gasteiger partial charge < -0.3 is 9.64 Å². The smallest absolute Gasteiger partial charge is 0.390 e. The van der Waals surface area contributed by atoms with Crippen molar-refractivity contribution in [2.24, 2.45) is 0 Å². The summed E-state index contributed by atoms with van der Waals surface area (Å²) in [4.78, 5) is 1.42. The quantitative estimate of drug-likeness (QED) is 0.589. The SMILES string of the molecule is CN1CCC=C1OC(F)(F)F. The van der Waals surface area contributed by atoms with Crippen LogP contribution in [0.15, 0.2) is 12.0 Å². The molecule has 0 aromatic heterocycles. The van der Waals surface area contributed by atoms with Crippen LogP contribution in [-0.2, 0) is 4.74 Å². The molecular formula is C6H8F3NO. The summed E-state index contributed by atoms with van der Waals surface area (Å²) >= 11 is 0. The van der Waals surface area contributed by atoms with Crippen LogP contribution in [0, 0.1) is 0 Å². The number of hydrogen-bond acceptors (Lipinski definition) is 2. The van der Waals surface area contributed by atoms with Gasteiger partial charge in [-0.15, -0.1) is 13.2 Å². The zero-order valence-electron chi connectivity index (χ0n) is 5.98. The molecule has 1 rings (SSSR count). The molecule has 1 aliphatic heterocycles. The van der Waals surface area contributed by atoms with Crippen LogP contribution in [0.3, 0.4) is 0 Å². The van der Waals surface area contributed by atoms with Crippen molar-refractivity contribution in [1.29, 1.82) is 0 Å². The van der Waals surface area contributed by atoms with Crippen molar-refractivity contribution in [2.75, 3.05) is 13.6 Å². The van der Waals surface area contributed by atoms with Gasteiger partial charge in [0, 0.05) is 13.6 Å². The molecule has 11 heavy (non-hydrogen) atoms. The Kier molecular flexibility index (Phi) is 1.97. The number of nitrogens with zero attached hydrogens (tertiary/aromatic N) is 1. The van der Waals surface area contributed by atoms with E-state index in [2.05, 4.69) is 4.74 Å². The normalized spacial score (nSPS) is 18.5. The molecule has 1 aliphatic rings. The Morgan fingerprint density at radius 1 is 1.55 bits per heavy atom. The van der Waals surface area contributed by atoms with Gasteiger partial charge in [-0.2, -0.15) is 0 Å². The minimum absolute atomic E-state index is 0.0995. The predicted molar refractivity (Wildman–Crippen MR) is 32.5 cm³/mol. The van der Waals surface area contributed by atoms with Crippen LogP contribution in [-0.4, -0.2) is 24.9 Å². The van der Waals surface area contributed by atoms with E-state index in [1.165, 1.54) is 11.0 Å². The molecule has 0 saturated carbocycles. The third-order valence-electron chi connectivity index (χ3n) is 1.38. The molecule has 0 radical (unpaired) electrons. The molecule has 0 aliphatic carbocycles. The van der Waals surface area contributed by atoms with Crippen LogP contribution >= 0.6 is 0 Å². The van der Waals surface area contributed by atoms with Crippen molar-refractivity contribution in [2.45, 2.75) is 12.8 Å². The Labute approximate surface area is 62.2 Å². The minimum Gasteiger partial charge on any atom is -0.390 e. The average Bonchev–Trinajstić information content (AvgIpc) is 2.12. The highest BCUT2D eigenvalue weighted by molar-refractivity contribution is 4.98. The maximum atomic E-state index is 11.6. The topological polar surface area (TPSA) is 12.5 Å². The van der Waals surface area contributed by atoms with Gasteiger partial charge in [-0.25, -0.2) is 0 Å². The molecule has 0 saturated heterocycles. The Balaban J connectivity index is 2.49. The van der Waals surface area contributed by atoms with Gasteiger partial charge in [-0.05, 0) is 12.5 Å². The lowest BCUT2D eigenvalue weighted by molar-refractivity contribution is -0.312. The van der Waals surface area contributed by atoms with Gasteiger partial charge in [0.05, 0.1) is 0 Å². The van der Waals surface area contributed by atoms with Crippen LogP contribution in [0.4, 0.5) is 13.2 Å². The van der Waals surface area contributed by atoms with Gasteiger partial charge in [-0.3, -0.25) is 0 Å². The van der Waals surface area contributed by atoms with E-state index in [1.807, 2.05) is 0 Å². The van der Waals surface area contributed by atoms with Gasteiger partial charge in [0.15, 0.2) is 5.88 Å². The molecule has 0 aromatic carbocycles. The molecule has 1 heterocycles. The average molecular weight is 167 g/mol. The molecule has 5 heteroatoms. The van der Waals surface area contributed by atoms with E-state index in [9.17, 15) is 13.2 Å². The van der Waals surface area contributed by atoms with Gasteiger partial charge in [0.2, 0.25) is 0 Å². The maximum Gasteiger partial charge on any atom is 0.574 e. The maximum absolute atomic E-state index is 11.6. The first-order valence-electron chi connectivity index (χ1n) is 3.16. The molecular weight excluding hydrogens is 159 g/mol. The Bertz CT molecular complexity index is 175. The zero-order valence-corrected chi connectivity index (χ0v) is 5.98. The molecule has 0 bridgehead atoms. The first kappa shape index (κ1) is 8.23. The lowest BCUT2D eigenvalue weighted by atomic mass is 10.5. The fourth-order valence-corrected chi connectivity index (χ4v) is 0.886. The van der Waals surface area contributed by atoms with Crippen LogP contribution in [0.2, 0.25) is 0 Å². The molecule has 2 nitrogen and oxygen atoms in total. The minimum atomic E-state index is -4.57. The van der Waals surface area contributed by atoms with Gasteiger partial charge in [0.1, 0.15) is 0 Å². The van der Waals surface area contributed by atoms with Crippen LogP contribution in [0.1, 0.15) is 6.42 Å². The zero-order chi connectivity index (χ0) is 8.48. The molecule has 0 atom stereocenters. The van der Waals surface area contributed by atoms with Crippen LogP contribution in [0.25, 0.3) is 0 Å². The van der Waals surface area contributed by atoms with Gasteiger partial charge in [-0.1, -0.05) is 0 Å². The summed E-state index contributed by atoms with van der Waals surface area (Å²) in [5.74, 6) is -0.0995. The third kappa shape index (κ3) is 2.32.